The molecule has 92 valence electrons. The summed E-state index contributed by atoms with van der Waals surface area (Å²) in [5.74, 6) is 0.435. The predicted octanol–water partition coefficient (Wildman–Crippen LogP) is 4.81. The highest BCUT2D eigenvalue weighted by Crippen LogP contribution is 2.38. The van der Waals surface area contributed by atoms with Crippen molar-refractivity contribution in [1.29, 1.82) is 0 Å². The second kappa shape index (κ2) is 4.66. The van der Waals surface area contributed by atoms with E-state index in [1.165, 1.54) is 22.4 Å². The van der Waals surface area contributed by atoms with E-state index in [0.717, 1.165) is 18.0 Å². The molecule has 1 aliphatic rings. The minimum atomic E-state index is 0.435. The smallest absolute Gasteiger partial charge is 0.0410 e. The predicted molar refractivity (Wildman–Crippen MR) is 77.4 cm³/mol. The summed E-state index contributed by atoms with van der Waals surface area (Å²) < 4.78 is 0. The summed E-state index contributed by atoms with van der Waals surface area (Å²) in [6, 6.07) is 14.8. The van der Waals surface area contributed by atoms with E-state index in [1.807, 2.05) is 6.07 Å². The number of anilines is 1. The Kier molecular flexibility index (Phi) is 3.00. The summed E-state index contributed by atoms with van der Waals surface area (Å²) in [5.41, 5.74) is 5.34. The number of benzene rings is 2. The molecule has 1 atom stereocenters. The SMILES string of the molecule is CCC1c2ccccc2CNc2ccc(Cl)cc21. The maximum Gasteiger partial charge on any atom is 0.0410 e. The lowest BCUT2D eigenvalue weighted by Gasteiger charge is -2.18. The molecule has 3 rings (SSSR count). The molecule has 1 aliphatic heterocycles. The van der Waals surface area contributed by atoms with Crippen molar-refractivity contribution in [3.63, 3.8) is 0 Å². The Morgan fingerprint density at radius 3 is 2.83 bits per heavy atom. The zero-order chi connectivity index (χ0) is 12.5. The van der Waals surface area contributed by atoms with Gasteiger partial charge in [-0.05, 0) is 41.3 Å². The van der Waals surface area contributed by atoms with Crippen LogP contribution in [0.1, 0.15) is 36.0 Å². The molecular weight excluding hydrogens is 242 g/mol. The fourth-order valence-corrected chi connectivity index (χ4v) is 3.00. The third-order valence-electron chi connectivity index (χ3n) is 3.70. The van der Waals surface area contributed by atoms with Gasteiger partial charge < -0.3 is 5.32 Å². The Hall–Kier alpha value is -1.47. The molecule has 18 heavy (non-hydrogen) atoms. The molecule has 0 radical (unpaired) electrons. The van der Waals surface area contributed by atoms with Crippen LogP contribution in [0, 0.1) is 0 Å². The Morgan fingerprint density at radius 1 is 1.17 bits per heavy atom. The van der Waals surface area contributed by atoms with Gasteiger partial charge >= 0.3 is 0 Å². The van der Waals surface area contributed by atoms with Gasteiger partial charge in [0.15, 0.2) is 0 Å². The van der Waals surface area contributed by atoms with E-state index in [0.29, 0.717) is 5.92 Å². The van der Waals surface area contributed by atoms with Gasteiger partial charge in [-0.15, -0.1) is 0 Å². The van der Waals surface area contributed by atoms with Crippen LogP contribution in [-0.2, 0) is 6.54 Å². The fourth-order valence-electron chi connectivity index (χ4n) is 2.82. The van der Waals surface area contributed by atoms with Crippen molar-refractivity contribution in [1.82, 2.24) is 0 Å². The first-order valence-electron chi connectivity index (χ1n) is 6.40. The normalized spacial score (nSPS) is 17.3. The Labute approximate surface area is 113 Å². The maximum atomic E-state index is 6.15. The molecule has 0 saturated heterocycles. The molecular formula is C16H16ClN. The molecule has 1 heterocycles. The van der Waals surface area contributed by atoms with E-state index < -0.39 is 0 Å². The Morgan fingerprint density at radius 2 is 2.00 bits per heavy atom. The van der Waals surface area contributed by atoms with Crippen LogP contribution >= 0.6 is 11.6 Å². The van der Waals surface area contributed by atoms with Gasteiger partial charge in [-0.2, -0.15) is 0 Å². The lowest BCUT2D eigenvalue weighted by Crippen LogP contribution is -2.01. The van der Waals surface area contributed by atoms with E-state index in [-0.39, 0.29) is 0 Å². The highest BCUT2D eigenvalue weighted by molar-refractivity contribution is 6.30. The van der Waals surface area contributed by atoms with E-state index in [1.54, 1.807) is 0 Å². The molecule has 2 aromatic carbocycles. The van der Waals surface area contributed by atoms with Crippen LogP contribution in [0.2, 0.25) is 5.02 Å². The van der Waals surface area contributed by atoms with Crippen molar-refractivity contribution in [2.75, 3.05) is 5.32 Å². The zero-order valence-electron chi connectivity index (χ0n) is 10.4. The zero-order valence-corrected chi connectivity index (χ0v) is 11.2. The largest absolute Gasteiger partial charge is 0.381 e. The molecule has 2 heteroatoms. The van der Waals surface area contributed by atoms with Gasteiger partial charge in [-0.3, -0.25) is 0 Å². The minimum absolute atomic E-state index is 0.435. The first kappa shape index (κ1) is 11.6. The molecule has 1 unspecified atom stereocenters. The van der Waals surface area contributed by atoms with Crippen LogP contribution in [0.3, 0.4) is 0 Å². The number of hydrogen-bond donors (Lipinski definition) is 1. The van der Waals surface area contributed by atoms with Gasteiger partial charge in [0.1, 0.15) is 0 Å². The first-order valence-corrected chi connectivity index (χ1v) is 6.78. The minimum Gasteiger partial charge on any atom is -0.381 e. The topological polar surface area (TPSA) is 12.0 Å². The number of rotatable bonds is 1. The van der Waals surface area contributed by atoms with Crippen LogP contribution < -0.4 is 5.32 Å². The summed E-state index contributed by atoms with van der Waals surface area (Å²) in [4.78, 5) is 0. The van der Waals surface area contributed by atoms with Gasteiger partial charge in [0, 0.05) is 23.2 Å². The monoisotopic (exact) mass is 257 g/mol. The molecule has 1 nitrogen and oxygen atoms in total. The Balaban J connectivity index is 2.19. The molecule has 0 saturated carbocycles. The van der Waals surface area contributed by atoms with Gasteiger partial charge in [0.05, 0.1) is 0 Å². The summed E-state index contributed by atoms with van der Waals surface area (Å²) in [6.07, 6.45) is 1.09. The van der Waals surface area contributed by atoms with Crippen LogP contribution in [0.5, 0.6) is 0 Å². The van der Waals surface area contributed by atoms with Crippen molar-refractivity contribution >= 4 is 17.3 Å². The van der Waals surface area contributed by atoms with E-state index in [2.05, 4.69) is 48.6 Å². The van der Waals surface area contributed by atoms with E-state index >= 15 is 0 Å². The summed E-state index contributed by atoms with van der Waals surface area (Å²) >= 11 is 6.15. The van der Waals surface area contributed by atoms with Crippen molar-refractivity contribution in [2.24, 2.45) is 0 Å². The number of fused-ring (bicyclic) bond motifs is 2. The van der Waals surface area contributed by atoms with Crippen LogP contribution in [-0.4, -0.2) is 0 Å². The maximum absolute atomic E-state index is 6.15. The Bertz CT molecular complexity index is 577. The molecule has 2 aromatic rings. The van der Waals surface area contributed by atoms with Gasteiger partial charge in [-0.25, -0.2) is 0 Å². The van der Waals surface area contributed by atoms with Crippen molar-refractivity contribution < 1.29 is 0 Å². The van der Waals surface area contributed by atoms with Gasteiger partial charge in [0.25, 0.3) is 0 Å². The molecule has 0 aliphatic carbocycles. The molecule has 0 aromatic heterocycles. The average Bonchev–Trinajstić information content (AvgIpc) is 2.54. The first-order chi connectivity index (χ1) is 8.79. The van der Waals surface area contributed by atoms with Crippen molar-refractivity contribution in [3.05, 3.63) is 64.2 Å². The summed E-state index contributed by atoms with van der Waals surface area (Å²) in [7, 11) is 0. The third-order valence-corrected chi connectivity index (χ3v) is 3.93. The third kappa shape index (κ3) is 1.89. The number of nitrogens with one attached hydrogen (secondary N) is 1. The summed E-state index contributed by atoms with van der Waals surface area (Å²) in [5, 5.41) is 4.33. The molecule has 1 N–H and O–H groups in total. The highest BCUT2D eigenvalue weighted by atomic mass is 35.5. The van der Waals surface area contributed by atoms with Crippen LogP contribution in [0.25, 0.3) is 0 Å². The van der Waals surface area contributed by atoms with Gasteiger partial charge in [0.2, 0.25) is 0 Å². The number of halogens is 1. The second-order valence-electron chi connectivity index (χ2n) is 4.74. The molecule has 0 fully saturated rings. The van der Waals surface area contributed by atoms with Gasteiger partial charge in [-0.1, -0.05) is 42.8 Å². The quantitative estimate of drug-likeness (QED) is 0.773. The van der Waals surface area contributed by atoms with Crippen molar-refractivity contribution in [2.45, 2.75) is 25.8 Å². The highest BCUT2D eigenvalue weighted by Gasteiger charge is 2.21. The lowest BCUT2D eigenvalue weighted by atomic mass is 9.86. The van der Waals surface area contributed by atoms with Crippen LogP contribution in [0.4, 0.5) is 5.69 Å². The second-order valence-corrected chi connectivity index (χ2v) is 5.18. The van der Waals surface area contributed by atoms with E-state index in [4.69, 9.17) is 11.6 Å². The van der Waals surface area contributed by atoms with E-state index in [9.17, 15) is 0 Å². The average molecular weight is 258 g/mol. The standard InChI is InChI=1S/C16H16ClN/c1-2-13-14-6-4-3-5-11(14)10-18-16-8-7-12(17)9-15(13)16/h3-9,13,18H,2,10H2,1H3. The molecule has 0 bridgehead atoms. The molecule has 0 amide bonds. The number of hydrogen-bond acceptors (Lipinski definition) is 1. The fraction of sp³-hybridized carbons (Fsp3) is 0.250. The lowest BCUT2D eigenvalue weighted by molar-refractivity contribution is 0.777. The summed E-state index contributed by atoms with van der Waals surface area (Å²) in [6.45, 7) is 3.12. The molecule has 0 spiro atoms. The van der Waals surface area contributed by atoms with Crippen LogP contribution in [0.15, 0.2) is 42.5 Å². The van der Waals surface area contributed by atoms with Crippen molar-refractivity contribution in [3.8, 4) is 0 Å².